The van der Waals surface area contributed by atoms with Gasteiger partial charge in [0.1, 0.15) is 0 Å². The maximum Gasteiger partial charge on any atom is 0.257 e. The van der Waals surface area contributed by atoms with E-state index in [2.05, 4.69) is 15.4 Å². The van der Waals surface area contributed by atoms with E-state index in [1.807, 2.05) is 13.8 Å². The molecule has 1 N–H and O–H groups in total. The molecular weight excluding hydrogens is 338 g/mol. The number of carbonyl (C=O) groups is 1. The van der Waals surface area contributed by atoms with Crippen LogP contribution >= 0.6 is 11.6 Å². The van der Waals surface area contributed by atoms with E-state index in [0.29, 0.717) is 11.3 Å². The van der Waals surface area contributed by atoms with Crippen molar-refractivity contribution in [3.05, 3.63) is 52.8 Å². The molecule has 1 aromatic carbocycles. The van der Waals surface area contributed by atoms with Crippen LogP contribution in [0.1, 0.15) is 30.2 Å². The molecule has 0 atom stereocenters. The van der Waals surface area contributed by atoms with Crippen molar-refractivity contribution in [3.8, 4) is 0 Å². The van der Waals surface area contributed by atoms with E-state index in [-0.39, 0.29) is 16.6 Å². The SMILES string of the molecule is CC(C)n1ncc2cc(NC(=O)c3cc(F)c(F)cc3Cl)cnc21. The summed E-state index contributed by atoms with van der Waals surface area (Å²) < 4.78 is 28.1. The van der Waals surface area contributed by atoms with Crippen molar-refractivity contribution < 1.29 is 13.6 Å². The van der Waals surface area contributed by atoms with E-state index in [1.165, 1.54) is 6.20 Å². The number of carbonyl (C=O) groups excluding carboxylic acids is 1. The molecule has 0 aliphatic rings. The first-order valence-corrected chi connectivity index (χ1v) is 7.53. The number of hydrogen-bond acceptors (Lipinski definition) is 3. The Hall–Kier alpha value is -2.54. The van der Waals surface area contributed by atoms with E-state index >= 15 is 0 Å². The number of nitrogens with zero attached hydrogens (tertiary/aromatic N) is 3. The van der Waals surface area contributed by atoms with Gasteiger partial charge in [-0.2, -0.15) is 5.10 Å². The van der Waals surface area contributed by atoms with Gasteiger partial charge in [-0.15, -0.1) is 0 Å². The van der Waals surface area contributed by atoms with Crippen LogP contribution < -0.4 is 5.32 Å². The van der Waals surface area contributed by atoms with Crippen LogP contribution in [0.2, 0.25) is 5.02 Å². The van der Waals surface area contributed by atoms with Crippen LogP contribution in [0, 0.1) is 11.6 Å². The standard InChI is InChI=1S/C16H13ClF2N4O/c1-8(2)23-15-9(6-21-23)3-10(7-20-15)22-16(24)11-4-13(18)14(19)5-12(11)17/h3-8H,1-2H3,(H,22,24). The Morgan fingerprint density at radius 2 is 1.92 bits per heavy atom. The summed E-state index contributed by atoms with van der Waals surface area (Å²) in [6, 6.07) is 3.37. The molecule has 0 unspecified atom stereocenters. The molecule has 3 rings (SSSR count). The maximum atomic E-state index is 13.3. The zero-order valence-corrected chi connectivity index (χ0v) is 13.6. The molecule has 0 radical (unpaired) electrons. The minimum absolute atomic E-state index is 0.149. The fraction of sp³-hybridized carbons (Fsp3) is 0.188. The number of hydrogen-bond donors (Lipinski definition) is 1. The second-order valence-electron chi connectivity index (χ2n) is 5.52. The predicted octanol–water partition coefficient (Wildman–Crippen LogP) is 4.20. The Balaban J connectivity index is 1.90. The maximum absolute atomic E-state index is 13.3. The lowest BCUT2D eigenvalue weighted by atomic mass is 10.2. The van der Waals surface area contributed by atoms with Gasteiger partial charge in [-0.3, -0.25) is 4.79 Å². The van der Waals surface area contributed by atoms with E-state index in [9.17, 15) is 13.6 Å². The molecule has 0 aliphatic heterocycles. The van der Waals surface area contributed by atoms with Gasteiger partial charge in [0.25, 0.3) is 5.91 Å². The van der Waals surface area contributed by atoms with Crippen LogP contribution in [-0.4, -0.2) is 20.7 Å². The van der Waals surface area contributed by atoms with E-state index in [4.69, 9.17) is 11.6 Å². The molecule has 0 spiro atoms. The molecule has 124 valence electrons. The van der Waals surface area contributed by atoms with E-state index < -0.39 is 17.5 Å². The van der Waals surface area contributed by atoms with Gasteiger partial charge in [0, 0.05) is 11.4 Å². The first-order chi connectivity index (χ1) is 11.4. The predicted molar refractivity (Wildman–Crippen MR) is 87.2 cm³/mol. The van der Waals surface area contributed by atoms with Gasteiger partial charge >= 0.3 is 0 Å². The van der Waals surface area contributed by atoms with Crippen molar-refractivity contribution in [3.63, 3.8) is 0 Å². The molecule has 0 aliphatic carbocycles. The summed E-state index contributed by atoms with van der Waals surface area (Å²) in [7, 11) is 0. The first-order valence-electron chi connectivity index (χ1n) is 7.16. The van der Waals surface area contributed by atoms with Gasteiger partial charge in [0.05, 0.1) is 28.7 Å². The van der Waals surface area contributed by atoms with Crippen LogP contribution in [0.3, 0.4) is 0 Å². The highest BCUT2D eigenvalue weighted by molar-refractivity contribution is 6.34. The Morgan fingerprint density at radius 1 is 1.21 bits per heavy atom. The lowest BCUT2D eigenvalue weighted by Crippen LogP contribution is -2.13. The zero-order valence-electron chi connectivity index (χ0n) is 12.8. The van der Waals surface area contributed by atoms with Crippen LogP contribution in [0.5, 0.6) is 0 Å². The topological polar surface area (TPSA) is 59.8 Å². The fourth-order valence-electron chi connectivity index (χ4n) is 2.28. The summed E-state index contributed by atoms with van der Waals surface area (Å²) in [6.07, 6.45) is 3.11. The van der Waals surface area contributed by atoms with Crippen molar-refractivity contribution in [2.75, 3.05) is 5.32 Å². The molecule has 5 nitrogen and oxygen atoms in total. The molecule has 2 aromatic heterocycles. The Kier molecular flexibility index (Phi) is 4.19. The van der Waals surface area contributed by atoms with Crippen LogP contribution in [-0.2, 0) is 0 Å². The number of benzene rings is 1. The molecule has 24 heavy (non-hydrogen) atoms. The van der Waals surface area contributed by atoms with Crippen molar-refractivity contribution in [1.82, 2.24) is 14.8 Å². The first kappa shape index (κ1) is 16.3. The summed E-state index contributed by atoms with van der Waals surface area (Å²) in [5.41, 5.74) is 0.930. The van der Waals surface area contributed by atoms with Gasteiger partial charge in [0.15, 0.2) is 17.3 Å². The summed E-state index contributed by atoms with van der Waals surface area (Å²) >= 11 is 5.80. The fourth-order valence-corrected chi connectivity index (χ4v) is 2.52. The minimum atomic E-state index is -1.14. The molecule has 0 bridgehead atoms. The Morgan fingerprint density at radius 3 is 2.62 bits per heavy atom. The van der Waals surface area contributed by atoms with Gasteiger partial charge in [0.2, 0.25) is 0 Å². The average Bonchev–Trinajstić information content (AvgIpc) is 2.94. The number of anilines is 1. The second-order valence-corrected chi connectivity index (χ2v) is 5.93. The lowest BCUT2D eigenvalue weighted by molar-refractivity contribution is 0.102. The van der Waals surface area contributed by atoms with E-state index in [0.717, 1.165) is 17.5 Å². The van der Waals surface area contributed by atoms with Crippen molar-refractivity contribution in [2.24, 2.45) is 0 Å². The number of amides is 1. The normalized spacial score (nSPS) is 11.2. The number of rotatable bonds is 3. The summed E-state index contributed by atoms with van der Waals surface area (Å²) in [4.78, 5) is 16.5. The van der Waals surface area contributed by atoms with Gasteiger partial charge in [-0.25, -0.2) is 18.4 Å². The summed E-state index contributed by atoms with van der Waals surface area (Å²) in [6.45, 7) is 3.96. The molecule has 0 fully saturated rings. The molecule has 3 aromatic rings. The third kappa shape index (κ3) is 2.94. The number of halogens is 3. The van der Waals surface area contributed by atoms with Gasteiger partial charge in [-0.05, 0) is 32.0 Å². The third-order valence-corrected chi connectivity index (χ3v) is 3.75. The van der Waals surface area contributed by atoms with Crippen molar-refractivity contribution >= 4 is 34.2 Å². The Labute approximate surface area is 141 Å². The smallest absolute Gasteiger partial charge is 0.257 e. The van der Waals surface area contributed by atoms with Crippen molar-refractivity contribution in [2.45, 2.75) is 19.9 Å². The summed E-state index contributed by atoms with van der Waals surface area (Å²) in [5, 5.41) is 7.38. The van der Waals surface area contributed by atoms with Gasteiger partial charge in [-0.1, -0.05) is 11.6 Å². The molecule has 0 saturated carbocycles. The lowest BCUT2D eigenvalue weighted by Gasteiger charge is -2.09. The zero-order chi connectivity index (χ0) is 17.4. The molecule has 1 amide bonds. The highest BCUT2D eigenvalue weighted by Crippen LogP contribution is 2.23. The van der Waals surface area contributed by atoms with Gasteiger partial charge < -0.3 is 5.32 Å². The highest BCUT2D eigenvalue weighted by Gasteiger charge is 2.16. The Bertz CT molecular complexity index is 939. The third-order valence-electron chi connectivity index (χ3n) is 3.43. The van der Waals surface area contributed by atoms with Crippen LogP contribution in [0.25, 0.3) is 11.0 Å². The average molecular weight is 351 g/mol. The monoisotopic (exact) mass is 350 g/mol. The van der Waals surface area contributed by atoms with E-state index in [1.54, 1.807) is 16.9 Å². The van der Waals surface area contributed by atoms with Crippen LogP contribution in [0.4, 0.5) is 14.5 Å². The highest BCUT2D eigenvalue weighted by atomic mass is 35.5. The molecule has 2 heterocycles. The van der Waals surface area contributed by atoms with Crippen LogP contribution in [0.15, 0.2) is 30.6 Å². The minimum Gasteiger partial charge on any atom is -0.321 e. The number of fused-ring (bicyclic) bond motifs is 1. The van der Waals surface area contributed by atoms with Crippen molar-refractivity contribution in [1.29, 1.82) is 0 Å². The number of nitrogens with one attached hydrogen (secondary N) is 1. The molecular formula is C16H13ClF2N4O. The number of aromatic nitrogens is 3. The quantitative estimate of drug-likeness (QED) is 0.720. The molecule has 8 heteroatoms. The number of pyridine rings is 1. The summed E-state index contributed by atoms with van der Waals surface area (Å²) in [5.74, 6) is -2.91. The second kappa shape index (κ2) is 6.16. The largest absolute Gasteiger partial charge is 0.321 e. The molecule has 0 saturated heterocycles.